The molecule has 1 aromatic carbocycles. The van der Waals surface area contributed by atoms with Crippen LogP contribution in [0.5, 0.6) is 5.75 Å². The molecule has 1 aliphatic heterocycles. The lowest BCUT2D eigenvalue weighted by Gasteiger charge is -2.34. The predicted octanol–water partition coefficient (Wildman–Crippen LogP) is 2.03. The highest BCUT2D eigenvalue weighted by molar-refractivity contribution is 7.91. The number of nitrogen functional groups attached to an aromatic ring is 1. The Balaban J connectivity index is 1.52. The van der Waals surface area contributed by atoms with Gasteiger partial charge in [-0.1, -0.05) is 29.8 Å². The van der Waals surface area contributed by atoms with Crippen molar-refractivity contribution in [3.05, 3.63) is 52.8 Å². The topological polar surface area (TPSA) is 136 Å². The van der Waals surface area contributed by atoms with E-state index in [9.17, 15) is 22.3 Å². The van der Waals surface area contributed by atoms with Gasteiger partial charge in [0.15, 0.2) is 9.84 Å². The SMILES string of the molecule is Nc1nc(Cl)cc(-c2nn(C(F)F)cc2Cc2ccccc2OCCN2CCS(=O)(=O)CC2CO)n1. The van der Waals surface area contributed by atoms with Crippen molar-refractivity contribution >= 4 is 27.4 Å². The van der Waals surface area contributed by atoms with Gasteiger partial charge in [0.05, 0.1) is 23.8 Å². The Morgan fingerprint density at radius 3 is 2.75 bits per heavy atom. The van der Waals surface area contributed by atoms with Crippen molar-refractivity contribution in [3.63, 3.8) is 0 Å². The fraction of sp³-hybridized carbons (Fsp3) is 0.409. The maximum atomic E-state index is 13.4. The van der Waals surface area contributed by atoms with Gasteiger partial charge in [-0.05, 0) is 11.6 Å². The number of para-hydroxylation sites is 1. The number of aromatic nitrogens is 4. The van der Waals surface area contributed by atoms with Crippen LogP contribution in [0, 0.1) is 0 Å². The Kier molecular flexibility index (Phi) is 8.03. The number of aliphatic hydroxyl groups is 1. The Morgan fingerprint density at radius 1 is 1.25 bits per heavy atom. The van der Waals surface area contributed by atoms with Crippen LogP contribution in [0.2, 0.25) is 5.15 Å². The van der Waals surface area contributed by atoms with E-state index in [1.54, 1.807) is 18.2 Å². The fourth-order valence-electron chi connectivity index (χ4n) is 4.08. The standard InChI is InChI=1S/C22H25ClF2N6O4S/c23-19-10-17(27-22(26)28-19)20-15(11-31(29-20)21(24)25)9-14-3-1-2-4-18(14)35-7-5-30-6-8-36(33,34)13-16(30)12-32/h1-4,10-11,16,21,32H,5-9,12-13H2,(H2,26,27,28). The third-order valence-corrected chi connectivity index (χ3v) is 7.71. The number of alkyl halides is 2. The molecule has 3 aromatic rings. The number of rotatable bonds is 9. The Labute approximate surface area is 211 Å². The molecule has 0 spiro atoms. The number of nitrogens with two attached hydrogens (primary N) is 1. The molecule has 0 bridgehead atoms. The number of nitrogens with zero attached hydrogens (tertiary/aromatic N) is 5. The lowest BCUT2D eigenvalue weighted by molar-refractivity contribution is 0.0567. The van der Waals surface area contributed by atoms with E-state index in [0.717, 1.165) is 5.56 Å². The molecule has 194 valence electrons. The van der Waals surface area contributed by atoms with Gasteiger partial charge in [0.25, 0.3) is 0 Å². The summed E-state index contributed by atoms with van der Waals surface area (Å²) >= 11 is 5.98. The molecule has 1 atom stereocenters. The maximum Gasteiger partial charge on any atom is 0.333 e. The zero-order valence-corrected chi connectivity index (χ0v) is 20.7. The van der Waals surface area contributed by atoms with Gasteiger partial charge in [0.1, 0.15) is 23.2 Å². The largest absolute Gasteiger partial charge is 0.492 e. The Hall–Kier alpha value is -2.87. The molecule has 2 aromatic heterocycles. The lowest BCUT2D eigenvalue weighted by Crippen LogP contribution is -2.51. The number of hydrogen-bond acceptors (Lipinski definition) is 9. The first-order chi connectivity index (χ1) is 17.1. The summed E-state index contributed by atoms with van der Waals surface area (Å²) in [6.07, 6.45) is 1.45. The van der Waals surface area contributed by atoms with Crippen molar-refractivity contribution in [2.24, 2.45) is 0 Å². The number of anilines is 1. The zero-order valence-electron chi connectivity index (χ0n) is 19.1. The molecule has 0 saturated carbocycles. The monoisotopic (exact) mass is 542 g/mol. The highest BCUT2D eigenvalue weighted by Crippen LogP contribution is 2.29. The summed E-state index contributed by atoms with van der Waals surface area (Å²) < 4.78 is 57.1. The minimum atomic E-state index is -3.16. The molecular weight excluding hydrogens is 518 g/mol. The average molecular weight is 543 g/mol. The highest BCUT2D eigenvalue weighted by Gasteiger charge is 2.30. The van der Waals surface area contributed by atoms with Crippen LogP contribution in [-0.4, -0.2) is 82.0 Å². The van der Waals surface area contributed by atoms with Crippen molar-refractivity contribution in [1.82, 2.24) is 24.6 Å². The third kappa shape index (κ3) is 6.27. The van der Waals surface area contributed by atoms with Crippen molar-refractivity contribution in [3.8, 4) is 17.1 Å². The van der Waals surface area contributed by atoms with E-state index in [1.165, 1.54) is 12.3 Å². The van der Waals surface area contributed by atoms with E-state index in [1.807, 2.05) is 11.0 Å². The van der Waals surface area contributed by atoms with Gasteiger partial charge in [-0.15, -0.1) is 0 Å². The van der Waals surface area contributed by atoms with Crippen LogP contribution in [0.25, 0.3) is 11.4 Å². The van der Waals surface area contributed by atoms with Gasteiger partial charge >= 0.3 is 6.55 Å². The minimum absolute atomic E-state index is 0.0363. The summed E-state index contributed by atoms with van der Waals surface area (Å²) in [7, 11) is -3.16. The molecule has 4 rings (SSSR count). The number of aliphatic hydroxyl groups excluding tert-OH is 1. The highest BCUT2D eigenvalue weighted by atomic mass is 35.5. The van der Waals surface area contributed by atoms with E-state index in [-0.39, 0.29) is 53.6 Å². The van der Waals surface area contributed by atoms with E-state index in [2.05, 4.69) is 15.1 Å². The molecule has 14 heteroatoms. The second kappa shape index (κ2) is 11.0. The van der Waals surface area contributed by atoms with Crippen LogP contribution in [0.1, 0.15) is 17.7 Å². The van der Waals surface area contributed by atoms with E-state index >= 15 is 0 Å². The summed E-state index contributed by atoms with van der Waals surface area (Å²) in [4.78, 5) is 9.77. The van der Waals surface area contributed by atoms with Crippen molar-refractivity contribution in [2.75, 3.05) is 43.5 Å². The molecule has 1 saturated heterocycles. The first kappa shape index (κ1) is 26.2. The molecule has 1 aliphatic rings. The third-order valence-electron chi connectivity index (χ3n) is 5.82. The number of sulfone groups is 1. The summed E-state index contributed by atoms with van der Waals surface area (Å²) in [6.45, 7) is -2.13. The van der Waals surface area contributed by atoms with Gasteiger partial charge in [-0.25, -0.2) is 23.1 Å². The first-order valence-corrected chi connectivity index (χ1v) is 13.3. The Morgan fingerprint density at radius 2 is 2.03 bits per heavy atom. The maximum absolute atomic E-state index is 13.4. The minimum Gasteiger partial charge on any atom is -0.492 e. The summed E-state index contributed by atoms with van der Waals surface area (Å²) in [6, 6.07) is 8.09. The van der Waals surface area contributed by atoms with Crippen molar-refractivity contribution < 1.29 is 27.0 Å². The van der Waals surface area contributed by atoms with Crippen LogP contribution >= 0.6 is 11.6 Å². The number of halogens is 3. The van der Waals surface area contributed by atoms with Gasteiger partial charge < -0.3 is 15.6 Å². The van der Waals surface area contributed by atoms with E-state index < -0.39 is 22.4 Å². The van der Waals surface area contributed by atoms with Gasteiger partial charge in [-0.3, -0.25) is 4.90 Å². The van der Waals surface area contributed by atoms with Crippen LogP contribution in [-0.2, 0) is 16.3 Å². The second-order valence-electron chi connectivity index (χ2n) is 8.31. The number of ether oxygens (including phenoxy) is 1. The molecule has 0 radical (unpaired) electrons. The van der Waals surface area contributed by atoms with Crippen molar-refractivity contribution in [1.29, 1.82) is 0 Å². The normalized spacial score (nSPS) is 18.0. The van der Waals surface area contributed by atoms with E-state index in [4.69, 9.17) is 22.1 Å². The smallest absolute Gasteiger partial charge is 0.333 e. The second-order valence-corrected chi connectivity index (χ2v) is 10.9. The van der Waals surface area contributed by atoms with Gasteiger partial charge in [-0.2, -0.15) is 13.9 Å². The molecule has 1 fully saturated rings. The molecule has 3 N–H and O–H groups in total. The fourth-order valence-corrected chi connectivity index (χ4v) is 5.85. The summed E-state index contributed by atoms with van der Waals surface area (Å²) in [5.74, 6) is 0.382. The molecule has 0 amide bonds. The van der Waals surface area contributed by atoms with Gasteiger partial charge in [0.2, 0.25) is 5.95 Å². The number of benzene rings is 1. The summed E-state index contributed by atoms with van der Waals surface area (Å²) in [5.41, 5.74) is 7.28. The van der Waals surface area contributed by atoms with E-state index in [0.29, 0.717) is 29.1 Å². The predicted molar refractivity (Wildman–Crippen MR) is 130 cm³/mol. The molecule has 0 aliphatic carbocycles. The molecule has 10 nitrogen and oxygen atoms in total. The lowest BCUT2D eigenvalue weighted by atomic mass is 10.0. The number of hydrogen-bond donors (Lipinski definition) is 2. The zero-order chi connectivity index (χ0) is 25.9. The van der Waals surface area contributed by atoms with Crippen molar-refractivity contribution in [2.45, 2.75) is 19.0 Å². The van der Waals surface area contributed by atoms with Crippen LogP contribution in [0.4, 0.5) is 14.7 Å². The van der Waals surface area contributed by atoms with Gasteiger partial charge in [0, 0.05) is 43.4 Å². The van der Waals surface area contributed by atoms with Crippen LogP contribution in [0.3, 0.4) is 0 Å². The average Bonchev–Trinajstić information content (AvgIpc) is 3.24. The molecule has 3 heterocycles. The molecule has 36 heavy (non-hydrogen) atoms. The summed E-state index contributed by atoms with van der Waals surface area (Å²) in [5, 5.41) is 13.6. The molecular formula is C22H25ClF2N6O4S. The molecule has 1 unspecified atom stereocenters. The Bertz CT molecular complexity index is 1300. The van der Waals surface area contributed by atoms with Crippen LogP contribution < -0.4 is 10.5 Å². The quantitative estimate of drug-likeness (QED) is 0.389. The van der Waals surface area contributed by atoms with Crippen LogP contribution in [0.15, 0.2) is 36.5 Å². The first-order valence-electron chi connectivity index (χ1n) is 11.1.